The van der Waals surface area contributed by atoms with Gasteiger partial charge in [0.15, 0.2) is 0 Å². The van der Waals surface area contributed by atoms with Gasteiger partial charge in [-0.05, 0) is 43.8 Å². The molecule has 0 aromatic heterocycles. The maximum absolute atomic E-state index is 11.0. The van der Waals surface area contributed by atoms with Crippen molar-refractivity contribution < 1.29 is 4.79 Å². The molecule has 2 nitrogen and oxygen atoms in total. The third-order valence-corrected chi connectivity index (χ3v) is 4.73. The van der Waals surface area contributed by atoms with E-state index in [0.717, 1.165) is 12.8 Å². The molecule has 0 spiro atoms. The zero-order chi connectivity index (χ0) is 14.8. The summed E-state index contributed by atoms with van der Waals surface area (Å²) in [5.41, 5.74) is 1.38. The molecule has 1 saturated carbocycles. The van der Waals surface area contributed by atoms with Crippen LogP contribution in [0.1, 0.15) is 64.2 Å². The number of rotatable bonds is 2. The quantitative estimate of drug-likeness (QED) is 0.733. The lowest BCUT2D eigenvalue weighted by atomic mass is 9.88. The van der Waals surface area contributed by atoms with E-state index in [1.165, 1.54) is 63.3 Å². The van der Waals surface area contributed by atoms with E-state index in [9.17, 15) is 4.79 Å². The predicted octanol–water partition coefficient (Wildman–Crippen LogP) is 4.89. The lowest BCUT2D eigenvalue weighted by Crippen LogP contribution is -2.16. The van der Waals surface area contributed by atoms with Gasteiger partial charge < -0.3 is 10.1 Å². The van der Waals surface area contributed by atoms with Crippen molar-refractivity contribution in [2.45, 2.75) is 64.2 Å². The molecule has 0 bridgehead atoms. The van der Waals surface area contributed by atoms with E-state index in [4.69, 9.17) is 0 Å². The third-order valence-electron chi connectivity index (χ3n) is 4.73. The Balaban J connectivity index is 1.88. The monoisotopic (exact) mass is 287 g/mol. The number of hydrogen-bond donors (Lipinski definition) is 1. The van der Waals surface area contributed by atoms with Crippen molar-refractivity contribution in [1.29, 1.82) is 0 Å². The topological polar surface area (TPSA) is 29.1 Å². The Hall–Kier alpha value is -1.31. The molecule has 2 rings (SSSR count). The standard InChI is InChI=1S/C19H29NO/c21-16-17-10-4-1-6-12-18(13-7-2-5-11-17)19-14-8-3-9-15-20-19/h3,8-9,14-18,20H,1-2,4-7,10-13H2. The molecule has 1 fully saturated rings. The van der Waals surface area contributed by atoms with Crippen LogP contribution in [0, 0.1) is 11.8 Å². The van der Waals surface area contributed by atoms with Gasteiger partial charge in [0.25, 0.3) is 0 Å². The van der Waals surface area contributed by atoms with Crippen molar-refractivity contribution in [1.82, 2.24) is 5.32 Å². The van der Waals surface area contributed by atoms with E-state index in [1.807, 2.05) is 6.20 Å². The minimum Gasteiger partial charge on any atom is -0.365 e. The summed E-state index contributed by atoms with van der Waals surface area (Å²) in [4.78, 5) is 11.0. The van der Waals surface area contributed by atoms with E-state index in [-0.39, 0.29) is 0 Å². The Kier molecular flexibility index (Phi) is 7.34. The summed E-state index contributed by atoms with van der Waals surface area (Å²) < 4.78 is 0. The zero-order valence-corrected chi connectivity index (χ0v) is 13.1. The average molecular weight is 287 g/mol. The molecular formula is C19H29NO. The second-order valence-corrected chi connectivity index (χ2v) is 6.38. The van der Waals surface area contributed by atoms with Gasteiger partial charge in [0.2, 0.25) is 0 Å². The fourth-order valence-electron chi connectivity index (χ4n) is 3.41. The van der Waals surface area contributed by atoms with Crippen LogP contribution in [-0.4, -0.2) is 6.29 Å². The normalized spacial score (nSPS) is 28.5. The number of carbonyl (C=O) groups excluding carboxylic acids is 1. The Labute approximate surface area is 129 Å². The van der Waals surface area contributed by atoms with Gasteiger partial charge in [-0.1, -0.05) is 50.7 Å². The number of hydrogen-bond acceptors (Lipinski definition) is 2. The van der Waals surface area contributed by atoms with Crippen LogP contribution in [0.15, 0.2) is 36.2 Å². The van der Waals surface area contributed by atoms with Crippen molar-refractivity contribution >= 4 is 6.29 Å². The second-order valence-electron chi connectivity index (χ2n) is 6.38. The number of nitrogens with one attached hydrogen (secondary N) is 1. The minimum atomic E-state index is 0.321. The summed E-state index contributed by atoms with van der Waals surface area (Å²) in [5, 5.41) is 3.45. The highest BCUT2D eigenvalue weighted by molar-refractivity contribution is 5.53. The van der Waals surface area contributed by atoms with Crippen LogP contribution in [-0.2, 0) is 4.79 Å². The Morgan fingerprint density at radius 2 is 1.52 bits per heavy atom. The van der Waals surface area contributed by atoms with Gasteiger partial charge in [0.05, 0.1) is 0 Å². The van der Waals surface area contributed by atoms with Crippen LogP contribution in [0.5, 0.6) is 0 Å². The first-order valence-electron chi connectivity index (χ1n) is 8.65. The number of aldehydes is 1. The molecule has 1 aliphatic carbocycles. The van der Waals surface area contributed by atoms with Crippen molar-refractivity contribution in [3.63, 3.8) is 0 Å². The van der Waals surface area contributed by atoms with E-state index < -0.39 is 0 Å². The Morgan fingerprint density at radius 3 is 2.19 bits per heavy atom. The van der Waals surface area contributed by atoms with Gasteiger partial charge in [-0.25, -0.2) is 0 Å². The first kappa shape index (κ1) is 16.1. The molecule has 0 radical (unpaired) electrons. The SMILES string of the molecule is O=CC1CCCCCC(C2=CC=CC=CN2)CCCCC1. The highest BCUT2D eigenvalue weighted by Gasteiger charge is 2.15. The molecule has 0 saturated heterocycles. The lowest BCUT2D eigenvalue weighted by molar-refractivity contribution is -0.111. The van der Waals surface area contributed by atoms with Crippen LogP contribution >= 0.6 is 0 Å². The van der Waals surface area contributed by atoms with Gasteiger partial charge in [0.1, 0.15) is 6.29 Å². The van der Waals surface area contributed by atoms with Crippen LogP contribution in [0.25, 0.3) is 0 Å². The van der Waals surface area contributed by atoms with Gasteiger partial charge in [0, 0.05) is 17.8 Å². The summed E-state index contributed by atoms with van der Waals surface area (Å²) >= 11 is 0. The number of allylic oxidation sites excluding steroid dienone is 5. The minimum absolute atomic E-state index is 0.321. The molecule has 0 amide bonds. The highest BCUT2D eigenvalue weighted by atomic mass is 16.1. The average Bonchev–Trinajstić information content (AvgIpc) is 2.77. The van der Waals surface area contributed by atoms with Crippen LogP contribution < -0.4 is 5.32 Å². The molecule has 0 atom stereocenters. The molecule has 0 aromatic rings. The molecule has 2 heteroatoms. The van der Waals surface area contributed by atoms with Crippen LogP contribution in [0.3, 0.4) is 0 Å². The smallest absolute Gasteiger partial charge is 0.123 e. The molecule has 21 heavy (non-hydrogen) atoms. The second kappa shape index (κ2) is 9.59. The first-order chi connectivity index (χ1) is 10.4. The predicted molar refractivity (Wildman–Crippen MR) is 88.7 cm³/mol. The molecule has 2 aliphatic rings. The van der Waals surface area contributed by atoms with Gasteiger partial charge in [-0.3, -0.25) is 0 Å². The molecule has 0 unspecified atom stereocenters. The fourth-order valence-corrected chi connectivity index (χ4v) is 3.41. The van der Waals surface area contributed by atoms with Crippen molar-refractivity contribution in [3.05, 3.63) is 36.2 Å². The van der Waals surface area contributed by atoms with E-state index >= 15 is 0 Å². The number of carbonyl (C=O) groups is 1. The summed E-state index contributed by atoms with van der Waals surface area (Å²) in [6.45, 7) is 0. The highest BCUT2D eigenvalue weighted by Crippen LogP contribution is 2.27. The maximum atomic E-state index is 11.0. The molecule has 1 heterocycles. The van der Waals surface area contributed by atoms with Crippen molar-refractivity contribution in [3.8, 4) is 0 Å². The maximum Gasteiger partial charge on any atom is 0.123 e. The largest absolute Gasteiger partial charge is 0.365 e. The first-order valence-corrected chi connectivity index (χ1v) is 8.65. The zero-order valence-electron chi connectivity index (χ0n) is 13.1. The Morgan fingerprint density at radius 1 is 0.857 bits per heavy atom. The van der Waals surface area contributed by atoms with Gasteiger partial charge >= 0.3 is 0 Å². The summed E-state index contributed by atoms with van der Waals surface area (Å²) in [7, 11) is 0. The summed E-state index contributed by atoms with van der Waals surface area (Å²) in [5.74, 6) is 0.987. The molecule has 1 N–H and O–H groups in total. The van der Waals surface area contributed by atoms with Crippen LogP contribution in [0.4, 0.5) is 0 Å². The summed E-state index contributed by atoms with van der Waals surface area (Å²) in [6.07, 6.45) is 24.0. The van der Waals surface area contributed by atoms with Gasteiger partial charge in [-0.2, -0.15) is 0 Å². The van der Waals surface area contributed by atoms with E-state index in [1.54, 1.807) is 0 Å². The van der Waals surface area contributed by atoms with Crippen molar-refractivity contribution in [2.24, 2.45) is 11.8 Å². The molecule has 1 aliphatic heterocycles. The van der Waals surface area contributed by atoms with E-state index in [0.29, 0.717) is 11.8 Å². The van der Waals surface area contributed by atoms with Crippen molar-refractivity contribution in [2.75, 3.05) is 0 Å². The molecule has 0 aromatic carbocycles. The molecular weight excluding hydrogens is 258 g/mol. The molecule has 116 valence electrons. The van der Waals surface area contributed by atoms with E-state index in [2.05, 4.69) is 29.6 Å². The third kappa shape index (κ3) is 5.91. The Bertz CT molecular complexity index is 380. The summed E-state index contributed by atoms with van der Waals surface area (Å²) in [6, 6.07) is 0. The lowest BCUT2D eigenvalue weighted by Gasteiger charge is -2.21. The fraction of sp³-hybridized carbons (Fsp3) is 0.632. The van der Waals surface area contributed by atoms with Crippen LogP contribution in [0.2, 0.25) is 0 Å². The van der Waals surface area contributed by atoms with Gasteiger partial charge in [-0.15, -0.1) is 0 Å².